The van der Waals surface area contributed by atoms with Crippen LogP contribution in [-0.4, -0.2) is 17.0 Å². The van der Waals surface area contributed by atoms with Crippen LogP contribution in [0.15, 0.2) is 6.07 Å². The maximum Gasteiger partial charge on any atom is 0.133 e. The molecule has 0 amide bonds. The van der Waals surface area contributed by atoms with Gasteiger partial charge in [-0.3, -0.25) is 0 Å². The van der Waals surface area contributed by atoms with Gasteiger partial charge in [0.05, 0.1) is 0 Å². The fraction of sp³-hybridized carbons (Fsp3) is 0.600. The van der Waals surface area contributed by atoms with E-state index in [1.54, 1.807) is 0 Å². The number of anilines is 1. The monoisotopic (exact) mass is 179 g/mol. The molecule has 3 nitrogen and oxygen atoms in total. The maximum absolute atomic E-state index is 4.40. The first-order valence-corrected chi connectivity index (χ1v) is 4.70. The van der Waals surface area contributed by atoms with Crippen molar-refractivity contribution < 1.29 is 0 Å². The summed E-state index contributed by atoms with van der Waals surface area (Å²) in [5.74, 6) is 2.28. The molecule has 0 aliphatic carbocycles. The van der Waals surface area contributed by atoms with Crippen LogP contribution in [0, 0.1) is 6.92 Å². The highest BCUT2D eigenvalue weighted by Gasteiger charge is 2.07. The lowest BCUT2D eigenvalue weighted by Crippen LogP contribution is -2.04. The molecule has 3 heteroatoms. The van der Waals surface area contributed by atoms with Crippen LogP contribution >= 0.6 is 0 Å². The molecule has 0 aromatic carbocycles. The molecular weight excluding hydrogens is 162 g/mol. The fourth-order valence-electron chi connectivity index (χ4n) is 1.12. The van der Waals surface area contributed by atoms with E-state index in [-0.39, 0.29) is 0 Å². The van der Waals surface area contributed by atoms with Crippen LogP contribution in [0.5, 0.6) is 0 Å². The first kappa shape index (κ1) is 9.96. The van der Waals surface area contributed by atoms with Crippen LogP contribution in [-0.2, 0) is 0 Å². The molecule has 1 aromatic rings. The molecule has 0 saturated heterocycles. The van der Waals surface area contributed by atoms with E-state index in [1.165, 1.54) is 0 Å². The number of aryl methyl sites for hydroxylation is 1. The predicted molar refractivity (Wildman–Crippen MR) is 55.0 cm³/mol. The zero-order valence-electron chi connectivity index (χ0n) is 8.76. The Kier molecular flexibility index (Phi) is 3.23. The van der Waals surface area contributed by atoms with Crippen molar-refractivity contribution in [3.05, 3.63) is 17.6 Å². The molecule has 72 valence electrons. The van der Waals surface area contributed by atoms with Crippen LogP contribution in [0.25, 0.3) is 0 Å². The Morgan fingerprint density at radius 3 is 2.69 bits per heavy atom. The van der Waals surface area contributed by atoms with Crippen molar-refractivity contribution in [2.45, 2.75) is 33.1 Å². The SMILES string of the molecule is CCC(C)c1nc(C)cc(NC)n1. The Balaban J connectivity index is 3.01. The number of nitrogens with one attached hydrogen (secondary N) is 1. The van der Waals surface area contributed by atoms with E-state index in [9.17, 15) is 0 Å². The lowest BCUT2D eigenvalue weighted by Gasteiger charge is -2.09. The Hall–Kier alpha value is -1.12. The fourth-order valence-corrected chi connectivity index (χ4v) is 1.12. The summed E-state index contributed by atoms with van der Waals surface area (Å²) in [7, 11) is 1.88. The van der Waals surface area contributed by atoms with Gasteiger partial charge in [0.15, 0.2) is 0 Å². The second-order valence-electron chi connectivity index (χ2n) is 3.31. The molecule has 1 atom stereocenters. The van der Waals surface area contributed by atoms with Crippen LogP contribution in [0.1, 0.15) is 37.7 Å². The van der Waals surface area contributed by atoms with Gasteiger partial charge in [-0.2, -0.15) is 0 Å². The standard InChI is InChI=1S/C10H17N3/c1-5-7(2)10-12-8(3)6-9(11-4)13-10/h6-7H,5H2,1-4H3,(H,11,12,13). The smallest absolute Gasteiger partial charge is 0.133 e. The second-order valence-corrected chi connectivity index (χ2v) is 3.31. The minimum atomic E-state index is 0.437. The quantitative estimate of drug-likeness (QED) is 0.774. The van der Waals surface area contributed by atoms with Gasteiger partial charge in [0.2, 0.25) is 0 Å². The van der Waals surface area contributed by atoms with Crippen LogP contribution in [0.4, 0.5) is 5.82 Å². The topological polar surface area (TPSA) is 37.8 Å². The first-order valence-electron chi connectivity index (χ1n) is 4.70. The van der Waals surface area contributed by atoms with Crippen molar-refractivity contribution in [3.63, 3.8) is 0 Å². The van der Waals surface area contributed by atoms with Crippen molar-refractivity contribution in [3.8, 4) is 0 Å². The molecule has 0 saturated carbocycles. The predicted octanol–water partition coefficient (Wildman–Crippen LogP) is 2.34. The molecule has 0 spiro atoms. The summed E-state index contributed by atoms with van der Waals surface area (Å²) in [6, 6.07) is 1.95. The number of hydrogen-bond acceptors (Lipinski definition) is 3. The molecule has 1 heterocycles. The van der Waals surface area contributed by atoms with Crippen molar-refractivity contribution >= 4 is 5.82 Å². The number of hydrogen-bond donors (Lipinski definition) is 1. The minimum absolute atomic E-state index is 0.437. The molecule has 1 unspecified atom stereocenters. The van der Waals surface area contributed by atoms with Crippen molar-refractivity contribution in [2.24, 2.45) is 0 Å². The minimum Gasteiger partial charge on any atom is -0.373 e. The molecule has 0 fully saturated rings. The van der Waals surface area contributed by atoms with Crippen LogP contribution in [0.2, 0.25) is 0 Å². The highest BCUT2D eigenvalue weighted by molar-refractivity contribution is 5.35. The summed E-state index contributed by atoms with van der Waals surface area (Å²) in [5, 5.41) is 3.04. The summed E-state index contributed by atoms with van der Waals surface area (Å²) >= 11 is 0. The van der Waals surface area contributed by atoms with E-state index < -0.39 is 0 Å². The van der Waals surface area contributed by atoms with E-state index in [0.29, 0.717) is 5.92 Å². The zero-order chi connectivity index (χ0) is 9.84. The molecule has 0 bridgehead atoms. The van der Waals surface area contributed by atoms with Gasteiger partial charge < -0.3 is 5.32 Å². The normalized spacial score (nSPS) is 12.6. The van der Waals surface area contributed by atoms with Crippen molar-refractivity contribution in [1.82, 2.24) is 9.97 Å². The third kappa shape index (κ3) is 2.41. The molecule has 0 aliphatic rings. The van der Waals surface area contributed by atoms with E-state index >= 15 is 0 Å². The van der Waals surface area contributed by atoms with Gasteiger partial charge in [0, 0.05) is 24.7 Å². The van der Waals surface area contributed by atoms with E-state index in [2.05, 4.69) is 29.1 Å². The Bertz CT molecular complexity index is 283. The van der Waals surface area contributed by atoms with Gasteiger partial charge in [-0.15, -0.1) is 0 Å². The number of rotatable bonds is 3. The van der Waals surface area contributed by atoms with E-state index in [1.807, 2.05) is 20.0 Å². The lowest BCUT2D eigenvalue weighted by molar-refractivity contribution is 0.675. The Morgan fingerprint density at radius 2 is 2.15 bits per heavy atom. The maximum atomic E-state index is 4.40. The summed E-state index contributed by atoms with van der Waals surface area (Å²) < 4.78 is 0. The average molecular weight is 179 g/mol. The summed E-state index contributed by atoms with van der Waals surface area (Å²) in [6.07, 6.45) is 1.08. The van der Waals surface area contributed by atoms with Crippen molar-refractivity contribution in [2.75, 3.05) is 12.4 Å². The average Bonchev–Trinajstić information content (AvgIpc) is 2.15. The molecule has 1 rings (SSSR count). The Labute approximate surface area is 79.6 Å². The zero-order valence-corrected chi connectivity index (χ0v) is 8.76. The molecular formula is C10H17N3. The second kappa shape index (κ2) is 4.21. The summed E-state index contributed by atoms with van der Waals surface area (Å²) in [4.78, 5) is 8.80. The Morgan fingerprint density at radius 1 is 1.46 bits per heavy atom. The number of aromatic nitrogens is 2. The lowest BCUT2D eigenvalue weighted by atomic mass is 10.1. The van der Waals surface area contributed by atoms with Crippen LogP contribution in [0.3, 0.4) is 0 Å². The van der Waals surface area contributed by atoms with Crippen LogP contribution < -0.4 is 5.32 Å². The molecule has 0 aliphatic heterocycles. The molecule has 0 radical (unpaired) electrons. The van der Waals surface area contributed by atoms with Gasteiger partial charge in [-0.05, 0) is 13.3 Å². The van der Waals surface area contributed by atoms with Crippen molar-refractivity contribution in [1.29, 1.82) is 0 Å². The van der Waals surface area contributed by atoms with Gasteiger partial charge in [-0.1, -0.05) is 13.8 Å². The highest BCUT2D eigenvalue weighted by atomic mass is 15.0. The number of nitrogens with zero attached hydrogens (tertiary/aromatic N) is 2. The summed E-state index contributed by atoms with van der Waals surface area (Å²) in [5.41, 5.74) is 1.02. The third-order valence-corrected chi connectivity index (χ3v) is 2.18. The van der Waals surface area contributed by atoms with E-state index in [4.69, 9.17) is 0 Å². The van der Waals surface area contributed by atoms with E-state index in [0.717, 1.165) is 23.8 Å². The largest absolute Gasteiger partial charge is 0.373 e. The molecule has 13 heavy (non-hydrogen) atoms. The summed E-state index contributed by atoms with van der Waals surface area (Å²) in [6.45, 7) is 6.29. The van der Waals surface area contributed by atoms with Gasteiger partial charge in [0.1, 0.15) is 11.6 Å². The van der Waals surface area contributed by atoms with Gasteiger partial charge in [0.25, 0.3) is 0 Å². The molecule has 1 aromatic heterocycles. The van der Waals surface area contributed by atoms with Gasteiger partial charge >= 0.3 is 0 Å². The first-order chi connectivity index (χ1) is 6.17. The highest BCUT2D eigenvalue weighted by Crippen LogP contribution is 2.16. The van der Waals surface area contributed by atoms with Gasteiger partial charge in [-0.25, -0.2) is 9.97 Å². The molecule has 1 N–H and O–H groups in total. The third-order valence-electron chi connectivity index (χ3n) is 2.18.